The third-order valence-electron chi connectivity index (χ3n) is 8.11. The SMILES string of the molecule is CSCC[C@@H]1NC(=O)CCCN(C(=O)c2cc(-c3ccccc3)n(C)n2)CCn2nc(-c3ccccc3)nc2[C@@H](C(C)C)NC1=O. The maximum Gasteiger partial charge on any atom is 0.274 e. The maximum atomic E-state index is 14.0. The Labute approximate surface area is 274 Å². The number of rotatable bonds is 7. The van der Waals surface area contributed by atoms with Crippen molar-refractivity contribution in [3.63, 3.8) is 0 Å². The summed E-state index contributed by atoms with van der Waals surface area (Å²) >= 11 is 1.62. The van der Waals surface area contributed by atoms with Crippen molar-refractivity contribution in [1.29, 1.82) is 0 Å². The number of nitrogens with one attached hydrogen (secondary N) is 2. The molecule has 2 aromatic carbocycles. The second kappa shape index (κ2) is 15.2. The number of fused-ring (bicyclic) bond motifs is 1. The molecule has 2 N–H and O–H groups in total. The van der Waals surface area contributed by atoms with Crippen LogP contribution in [0.1, 0.15) is 55.5 Å². The van der Waals surface area contributed by atoms with Gasteiger partial charge in [-0.15, -0.1) is 0 Å². The van der Waals surface area contributed by atoms with Gasteiger partial charge in [-0.2, -0.15) is 22.0 Å². The number of carbonyl (C=O) groups excluding carboxylic acids is 3. The van der Waals surface area contributed by atoms with Gasteiger partial charge in [0.15, 0.2) is 17.3 Å². The van der Waals surface area contributed by atoms with Crippen molar-refractivity contribution in [2.24, 2.45) is 13.0 Å². The number of hydrogen-bond acceptors (Lipinski definition) is 7. The van der Waals surface area contributed by atoms with Crippen LogP contribution in [0.25, 0.3) is 22.6 Å². The van der Waals surface area contributed by atoms with Gasteiger partial charge < -0.3 is 15.5 Å². The minimum absolute atomic E-state index is 0.0250. The molecule has 0 saturated heterocycles. The summed E-state index contributed by atoms with van der Waals surface area (Å²) < 4.78 is 3.52. The van der Waals surface area contributed by atoms with Crippen LogP contribution in [-0.4, -0.2) is 78.3 Å². The molecule has 2 aromatic heterocycles. The Hall–Kier alpha value is -4.45. The van der Waals surface area contributed by atoms with Crippen molar-refractivity contribution in [2.45, 2.75) is 51.7 Å². The zero-order valence-corrected chi connectivity index (χ0v) is 27.7. The van der Waals surface area contributed by atoms with Crippen molar-refractivity contribution in [1.82, 2.24) is 40.1 Å². The Bertz CT molecular complexity index is 1640. The molecule has 242 valence electrons. The highest BCUT2D eigenvalue weighted by Crippen LogP contribution is 2.25. The molecule has 0 spiro atoms. The molecule has 3 heterocycles. The first kappa shape index (κ1) is 32.9. The fourth-order valence-corrected chi connectivity index (χ4v) is 6.06. The standard InChI is InChI=1S/C34H42N8O3S/c1-23(2)30-32-37-31(25-14-9-6-10-15-25)39-42(32)20-19-41(18-11-16-29(43)35-26(17-21-46-4)33(44)36-30)34(45)27-22-28(40(3)38-27)24-12-7-5-8-13-24/h5-10,12-15,22-23,26,30H,11,16-21H2,1-4H3,(H,35,43)(H,36,44)/t26-,30+/m0/s1. The molecular weight excluding hydrogens is 600 g/mol. The lowest BCUT2D eigenvalue weighted by molar-refractivity contribution is -0.129. The van der Waals surface area contributed by atoms with Crippen molar-refractivity contribution in [3.05, 3.63) is 78.2 Å². The molecule has 0 unspecified atom stereocenters. The molecule has 1 aliphatic rings. The summed E-state index contributed by atoms with van der Waals surface area (Å²) in [5.74, 6) is 1.16. The molecule has 0 bridgehead atoms. The van der Waals surface area contributed by atoms with Gasteiger partial charge in [-0.25, -0.2) is 9.67 Å². The quantitative estimate of drug-likeness (QED) is 0.307. The number of aryl methyl sites for hydroxylation is 1. The molecule has 0 aliphatic carbocycles. The van der Waals surface area contributed by atoms with Crippen LogP contribution in [0.15, 0.2) is 66.7 Å². The van der Waals surface area contributed by atoms with E-state index in [1.807, 2.05) is 98.6 Å². The molecule has 46 heavy (non-hydrogen) atoms. The summed E-state index contributed by atoms with van der Waals surface area (Å²) in [7, 11) is 1.83. The molecule has 11 nitrogen and oxygen atoms in total. The van der Waals surface area contributed by atoms with Crippen LogP contribution in [0.2, 0.25) is 0 Å². The second-order valence-corrected chi connectivity index (χ2v) is 12.8. The highest BCUT2D eigenvalue weighted by molar-refractivity contribution is 7.98. The lowest BCUT2D eigenvalue weighted by Gasteiger charge is -2.27. The van der Waals surface area contributed by atoms with E-state index in [9.17, 15) is 14.4 Å². The minimum atomic E-state index is -0.684. The minimum Gasteiger partial charge on any atom is -0.344 e. The maximum absolute atomic E-state index is 14.0. The molecule has 0 fully saturated rings. The van der Waals surface area contributed by atoms with Crippen LogP contribution < -0.4 is 10.6 Å². The van der Waals surface area contributed by atoms with Crippen molar-refractivity contribution in [3.8, 4) is 22.6 Å². The van der Waals surface area contributed by atoms with Gasteiger partial charge in [0.1, 0.15) is 6.04 Å². The van der Waals surface area contributed by atoms with E-state index in [1.165, 1.54) is 0 Å². The predicted molar refractivity (Wildman–Crippen MR) is 180 cm³/mol. The Morgan fingerprint density at radius 1 is 0.957 bits per heavy atom. The summed E-state index contributed by atoms with van der Waals surface area (Å²) in [6.45, 7) is 5.05. The van der Waals surface area contributed by atoms with E-state index in [4.69, 9.17) is 10.1 Å². The van der Waals surface area contributed by atoms with Crippen LogP contribution in [0.3, 0.4) is 0 Å². The lowest BCUT2D eigenvalue weighted by Crippen LogP contribution is -2.49. The molecule has 1 aliphatic heterocycles. The van der Waals surface area contributed by atoms with E-state index in [2.05, 4.69) is 15.7 Å². The molecule has 0 saturated carbocycles. The van der Waals surface area contributed by atoms with Crippen molar-refractivity contribution >= 4 is 29.5 Å². The zero-order valence-electron chi connectivity index (χ0n) is 26.8. The summed E-state index contributed by atoms with van der Waals surface area (Å²) in [5.41, 5.74) is 2.99. The van der Waals surface area contributed by atoms with Crippen molar-refractivity contribution < 1.29 is 14.4 Å². The number of carbonyl (C=O) groups is 3. The molecule has 2 atom stereocenters. The van der Waals surface area contributed by atoms with Crippen LogP contribution in [0.4, 0.5) is 0 Å². The fraction of sp³-hybridized carbons (Fsp3) is 0.412. The van der Waals surface area contributed by atoms with Crippen LogP contribution in [0, 0.1) is 5.92 Å². The van der Waals surface area contributed by atoms with E-state index in [0.29, 0.717) is 49.8 Å². The number of amides is 3. The van der Waals surface area contributed by atoms with Crippen LogP contribution in [-0.2, 0) is 23.2 Å². The molecule has 12 heteroatoms. The molecule has 5 rings (SSSR count). The highest BCUT2D eigenvalue weighted by Gasteiger charge is 2.30. The summed E-state index contributed by atoms with van der Waals surface area (Å²) in [4.78, 5) is 47.3. The average molecular weight is 643 g/mol. The van der Waals surface area contributed by atoms with E-state index in [1.54, 1.807) is 21.3 Å². The van der Waals surface area contributed by atoms with Gasteiger partial charge in [-0.3, -0.25) is 19.1 Å². The monoisotopic (exact) mass is 642 g/mol. The Morgan fingerprint density at radius 3 is 2.33 bits per heavy atom. The van der Waals surface area contributed by atoms with Gasteiger partial charge in [0, 0.05) is 32.1 Å². The number of benzene rings is 2. The first-order valence-electron chi connectivity index (χ1n) is 15.7. The second-order valence-electron chi connectivity index (χ2n) is 11.8. The molecule has 0 radical (unpaired) electrons. The Kier molecular flexibility index (Phi) is 10.9. The van der Waals surface area contributed by atoms with E-state index >= 15 is 0 Å². The van der Waals surface area contributed by atoms with Crippen molar-refractivity contribution in [2.75, 3.05) is 25.1 Å². The largest absolute Gasteiger partial charge is 0.344 e. The Balaban J connectivity index is 1.50. The third kappa shape index (κ3) is 7.85. The van der Waals surface area contributed by atoms with Gasteiger partial charge in [-0.05, 0) is 42.4 Å². The predicted octanol–water partition coefficient (Wildman–Crippen LogP) is 4.33. The van der Waals surface area contributed by atoms with Crippen LogP contribution >= 0.6 is 11.8 Å². The normalized spacial score (nSPS) is 18.1. The summed E-state index contributed by atoms with van der Waals surface area (Å²) in [6.07, 6.45) is 3.09. The third-order valence-corrected chi connectivity index (χ3v) is 8.75. The molecule has 4 aromatic rings. The highest BCUT2D eigenvalue weighted by atomic mass is 32.2. The van der Waals surface area contributed by atoms with E-state index < -0.39 is 12.1 Å². The van der Waals surface area contributed by atoms with Gasteiger partial charge >= 0.3 is 0 Å². The van der Waals surface area contributed by atoms with Crippen LogP contribution in [0.5, 0.6) is 0 Å². The molecular formula is C34H42N8O3S. The van der Waals surface area contributed by atoms with Gasteiger partial charge in [0.25, 0.3) is 5.91 Å². The number of aromatic nitrogens is 5. The zero-order chi connectivity index (χ0) is 32.6. The first-order chi connectivity index (χ1) is 22.2. The lowest BCUT2D eigenvalue weighted by atomic mass is 10.0. The van der Waals surface area contributed by atoms with Gasteiger partial charge in [0.2, 0.25) is 11.8 Å². The summed E-state index contributed by atoms with van der Waals surface area (Å²) in [5, 5.41) is 15.6. The fourth-order valence-electron chi connectivity index (χ4n) is 5.59. The topological polar surface area (TPSA) is 127 Å². The number of nitrogens with zero attached hydrogens (tertiary/aromatic N) is 6. The molecule has 3 amide bonds. The number of thioether (sulfide) groups is 1. The summed E-state index contributed by atoms with van der Waals surface area (Å²) in [6, 6.07) is 20.2. The smallest absolute Gasteiger partial charge is 0.274 e. The van der Waals surface area contributed by atoms with E-state index in [-0.39, 0.29) is 30.1 Å². The average Bonchev–Trinajstić information content (AvgIpc) is 3.67. The van der Waals surface area contributed by atoms with Gasteiger partial charge in [0.05, 0.1) is 18.3 Å². The number of hydrogen-bond donors (Lipinski definition) is 2. The Morgan fingerprint density at radius 2 is 1.65 bits per heavy atom. The first-order valence-corrected chi connectivity index (χ1v) is 17.1. The van der Waals surface area contributed by atoms with E-state index in [0.717, 1.165) is 22.6 Å². The van der Waals surface area contributed by atoms with Gasteiger partial charge in [-0.1, -0.05) is 74.5 Å².